The summed E-state index contributed by atoms with van der Waals surface area (Å²) in [5, 5.41) is 0. The lowest BCUT2D eigenvalue weighted by molar-refractivity contribution is 0.0358. The second-order valence-corrected chi connectivity index (χ2v) is 4.84. The topological polar surface area (TPSA) is 35.2 Å². The van der Waals surface area contributed by atoms with E-state index < -0.39 is 0 Å². The average Bonchev–Trinajstić information content (AvgIpc) is 2.87. The molecule has 2 unspecified atom stereocenters. The Morgan fingerprint density at radius 2 is 1.93 bits per heavy atom. The third-order valence-corrected chi connectivity index (χ3v) is 3.95. The number of hydrogen-bond donors (Lipinski definition) is 1. The molecule has 14 heavy (non-hydrogen) atoms. The summed E-state index contributed by atoms with van der Waals surface area (Å²) in [4.78, 5) is 0. The molecule has 0 aromatic heterocycles. The minimum Gasteiger partial charge on any atom is -0.378 e. The number of hydrogen-bond acceptors (Lipinski definition) is 2. The van der Waals surface area contributed by atoms with E-state index in [1.54, 1.807) is 0 Å². The zero-order chi connectivity index (χ0) is 9.80. The van der Waals surface area contributed by atoms with Gasteiger partial charge in [0.05, 0.1) is 6.10 Å². The van der Waals surface area contributed by atoms with E-state index in [0.717, 1.165) is 25.0 Å². The Labute approximate surface area is 87.2 Å². The van der Waals surface area contributed by atoms with Gasteiger partial charge >= 0.3 is 0 Å². The molecule has 1 saturated carbocycles. The summed E-state index contributed by atoms with van der Waals surface area (Å²) < 4.78 is 5.82. The molecule has 2 nitrogen and oxygen atoms in total. The Hall–Kier alpha value is -0.0800. The van der Waals surface area contributed by atoms with Crippen LogP contribution in [0.25, 0.3) is 0 Å². The summed E-state index contributed by atoms with van der Waals surface area (Å²) in [6, 6.07) is 0. The normalized spacial score (nSPS) is 31.1. The Kier molecular flexibility index (Phi) is 3.82. The van der Waals surface area contributed by atoms with Crippen molar-refractivity contribution in [2.45, 2.75) is 51.0 Å². The van der Waals surface area contributed by atoms with Crippen molar-refractivity contribution >= 4 is 0 Å². The van der Waals surface area contributed by atoms with Gasteiger partial charge < -0.3 is 10.5 Å². The lowest BCUT2D eigenvalue weighted by Crippen LogP contribution is -2.28. The van der Waals surface area contributed by atoms with Crippen LogP contribution in [-0.4, -0.2) is 19.3 Å². The highest BCUT2D eigenvalue weighted by atomic mass is 16.5. The third-order valence-electron chi connectivity index (χ3n) is 3.95. The van der Waals surface area contributed by atoms with Crippen LogP contribution in [0.1, 0.15) is 44.9 Å². The highest BCUT2D eigenvalue weighted by Gasteiger charge is 2.33. The van der Waals surface area contributed by atoms with E-state index in [1.165, 1.54) is 44.9 Å². The van der Waals surface area contributed by atoms with Gasteiger partial charge in [0, 0.05) is 6.61 Å². The van der Waals surface area contributed by atoms with Crippen LogP contribution in [0.5, 0.6) is 0 Å². The van der Waals surface area contributed by atoms with E-state index in [2.05, 4.69) is 0 Å². The van der Waals surface area contributed by atoms with Crippen molar-refractivity contribution in [2.75, 3.05) is 13.2 Å². The lowest BCUT2D eigenvalue weighted by atomic mass is 9.83. The molecule has 82 valence electrons. The minimum absolute atomic E-state index is 0.543. The molecule has 1 saturated heterocycles. The molecule has 0 bridgehead atoms. The van der Waals surface area contributed by atoms with Crippen LogP contribution in [0.15, 0.2) is 0 Å². The van der Waals surface area contributed by atoms with Crippen LogP contribution < -0.4 is 5.73 Å². The maximum absolute atomic E-state index is 5.82. The number of rotatable bonds is 4. The highest BCUT2D eigenvalue weighted by Crippen LogP contribution is 2.38. The molecule has 2 N–H and O–H groups in total. The van der Waals surface area contributed by atoms with Gasteiger partial charge in [0.2, 0.25) is 0 Å². The average molecular weight is 197 g/mol. The van der Waals surface area contributed by atoms with Crippen LogP contribution in [0.3, 0.4) is 0 Å². The Bertz CT molecular complexity index is 144. The fourth-order valence-corrected chi connectivity index (χ4v) is 3.24. The molecular formula is C12H23NO. The van der Waals surface area contributed by atoms with Crippen molar-refractivity contribution in [3.05, 3.63) is 0 Å². The zero-order valence-corrected chi connectivity index (χ0v) is 9.08. The second kappa shape index (κ2) is 5.13. The molecule has 2 atom stereocenters. The predicted molar refractivity (Wildman–Crippen MR) is 58.1 cm³/mol. The van der Waals surface area contributed by atoms with Crippen molar-refractivity contribution in [1.82, 2.24) is 0 Å². The van der Waals surface area contributed by atoms with E-state index in [1.807, 2.05) is 0 Å². The van der Waals surface area contributed by atoms with Gasteiger partial charge in [-0.2, -0.15) is 0 Å². The van der Waals surface area contributed by atoms with E-state index >= 15 is 0 Å². The van der Waals surface area contributed by atoms with Crippen LogP contribution in [0.4, 0.5) is 0 Å². The number of nitrogens with two attached hydrogens (primary N) is 1. The zero-order valence-electron chi connectivity index (χ0n) is 9.08. The first kappa shape index (κ1) is 10.4. The standard InChI is InChI=1S/C12H23NO/c13-8-7-11(10-4-1-2-5-10)12-6-3-9-14-12/h10-12H,1-9,13H2. The summed E-state index contributed by atoms with van der Waals surface area (Å²) in [5.41, 5.74) is 5.71. The molecule has 0 spiro atoms. The molecule has 2 aliphatic rings. The van der Waals surface area contributed by atoms with Crippen LogP contribution in [0, 0.1) is 11.8 Å². The van der Waals surface area contributed by atoms with E-state index in [9.17, 15) is 0 Å². The molecule has 0 amide bonds. The lowest BCUT2D eigenvalue weighted by Gasteiger charge is -2.28. The summed E-state index contributed by atoms with van der Waals surface area (Å²) in [6.07, 6.45) is 9.96. The molecular weight excluding hydrogens is 174 g/mol. The predicted octanol–water partition coefficient (Wildman–Crippen LogP) is 2.32. The maximum atomic E-state index is 5.82. The minimum atomic E-state index is 0.543. The maximum Gasteiger partial charge on any atom is 0.0607 e. The molecule has 2 heteroatoms. The van der Waals surface area contributed by atoms with Crippen molar-refractivity contribution in [1.29, 1.82) is 0 Å². The Morgan fingerprint density at radius 3 is 2.50 bits per heavy atom. The van der Waals surface area contributed by atoms with Crippen LogP contribution in [0.2, 0.25) is 0 Å². The largest absolute Gasteiger partial charge is 0.378 e. The van der Waals surface area contributed by atoms with Gasteiger partial charge in [0.1, 0.15) is 0 Å². The second-order valence-electron chi connectivity index (χ2n) is 4.84. The summed E-state index contributed by atoms with van der Waals surface area (Å²) in [5.74, 6) is 1.69. The molecule has 2 rings (SSSR count). The molecule has 2 fully saturated rings. The fourth-order valence-electron chi connectivity index (χ4n) is 3.24. The van der Waals surface area contributed by atoms with Crippen LogP contribution in [-0.2, 0) is 4.74 Å². The summed E-state index contributed by atoms with van der Waals surface area (Å²) in [7, 11) is 0. The molecule has 0 aromatic rings. The molecule has 0 radical (unpaired) electrons. The van der Waals surface area contributed by atoms with Gasteiger partial charge in [-0.15, -0.1) is 0 Å². The quantitative estimate of drug-likeness (QED) is 0.750. The van der Waals surface area contributed by atoms with Gasteiger partial charge in [-0.1, -0.05) is 25.7 Å². The first-order valence-corrected chi connectivity index (χ1v) is 6.23. The van der Waals surface area contributed by atoms with Gasteiger partial charge in [-0.25, -0.2) is 0 Å². The SMILES string of the molecule is NCCC(C1CCCC1)C1CCCO1. The molecule has 1 heterocycles. The van der Waals surface area contributed by atoms with Gasteiger partial charge in [0.25, 0.3) is 0 Å². The molecule has 0 aromatic carbocycles. The third kappa shape index (κ3) is 2.29. The summed E-state index contributed by atoms with van der Waals surface area (Å²) in [6.45, 7) is 1.82. The van der Waals surface area contributed by atoms with Crippen molar-refractivity contribution in [3.63, 3.8) is 0 Å². The van der Waals surface area contributed by atoms with Gasteiger partial charge in [-0.3, -0.25) is 0 Å². The van der Waals surface area contributed by atoms with Gasteiger partial charge in [-0.05, 0) is 37.6 Å². The first-order valence-electron chi connectivity index (χ1n) is 6.23. The highest BCUT2D eigenvalue weighted by molar-refractivity contribution is 4.83. The van der Waals surface area contributed by atoms with Crippen LogP contribution >= 0.6 is 0 Å². The van der Waals surface area contributed by atoms with Crippen molar-refractivity contribution in [3.8, 4) is 0 Å². The molecule has 1 aliphatic carbocycles. The molecule has 1 aliphatic heterocycles. The van der Waals surface area contributed by atoms with Gasteiger partial charge in [0.15, 0.2) is 0 Å². The Balaban J connectivity index is 1.91. The number of ether oxygens (including phenoxy) is 1. The Morgan fingerprint density at radius 1 is 1.14 bits per heavy atom. The fraction of sp³-hybridized carbons (Fsp3) is 1.00. The summed E-state index contributed by atoms with van der Waals surface area (Å²) >= 11 is 0. The van der Waals surface area contributed by atoms with Crippen molar-refractivity contribution < 1.29 is 4.74 Å². The van der Waals surface area contributed by atoms with E-state index in [4.69, 9.17) is 10.5 Å². The monoisotopic (exact) mass is 197 g/mol. The van der Waals surface area contributed by atoms with E-state index in [0.29, 0.717) is 6.10 Å². The van der Waals surface area contributed by atoms with Crippen molar-refractivity contribution in [2.24, 2.45) is 17.6 Å². The smallest absolute Gasteiger partial charge is 0.0607 e. The van der Waals surface area contributed by atoms with E-state index in [-0.39, 0.29) is 0 Å². The first-order chi connectivity index (χ1) is 6.92.